The molecule has 0 bridgehead atoms. The lowest BCUT2D eigenvalue weighted by atomic mass is 10.1. The van der Waals surface area contributed by atoms with Crippen molar-refractivity contribution in [1.82, 2.24) is 14.3 Å². The molecule has 0 radical (unpaired) electrons. The summed E-state index contributed by atoms with van der Waals surface area (Å²) >= 11 is 0. The molecule has 0 aliphatic rings. The number of nitrogens with zero attached hydrogens (tertiary/aromatic N) is 2. The average molecular weight is 361 g/mol. The summed E-state index contributed by atoms with van der Waals surface area (Å²) in [6.45, 7) is 3.77. The number of sulfonamides is 1. The van der Waals surface area contributed by atoms with Crippen LogP contribution in [0.5, 0.6) is 0 Å². The number of H-pyrrole nitrogens is 1. The second kappa shape index (κ2) is 6.12. The summed E-state index contributed by atoms with van der Waals surface area (Å²) in [5.74, 6) is -0.492. The first-order valence-corrected chi connectivity index (χ1v) is 9.22. The van der Waals surface area contributed by atoms with Crippen molar-refractivity contribution in [3.05, 3.63) is 35.7 Å². The monoisotopic (exact) mass is 361 g/mol. The van der Waals surface area contributed by atoms with Crippen molar-refractivity contribution in [3.63, 3.8) is 0 Å². The zero-order valence-corrected chi connectivity index (χ0v) is 15.3. The largest absolute Gasteiger partial charge is 0.461 e. The van der Waals surface area contributed by atoms with E-state index < -0.39 is 16.0 Å². The van der Waals surface area contributed by atoms with Crippen LogP contribution in [-0.2, 0) is 14.8 Å². The summed E-state index contributed by atoms with van der Waals surface area (Å²) in [5, 5.41) is 1.49. The Morgan fingerprint density at radius 1 is 1.28 bits per heavy atom. The van der Waals surface area contributed by atoms with Gasteiger partial charge in [-0.2, -0.15) is 0 Å². The van der Waals surface area contributed by atoms with Gasteiger partial charge in [0.2, 0.25) is 10.0 Å². The van der Waals surface area contributed by atoms with Crippen LogP contribution in [0.4, 0.5) is 0 Å². The van der Waals surface area contributed by atoms with E-state index in [-0.39, 0.29) is 17.2 Å². The highest BCUT2D eigenvalue weighted by Crippen LogP contribution is 2.31. The maximum Gasteiger partial charge on any atom is 0.357 e. The summed E-state index contributed by atoms with van der Waals surface area (Å²) < 4.78 is 31.0. The molecular weight excluding hydrogens is 342 g/mol. The Morgan fingerprint density at radius 2 is 2.00 bits per heavy atom. The van der Waals surface area contributed by atoms with Gasteiger partial charge < -0.3 is 9.72 Å². The van der Waals surface area contributed by atoms with Crippen LogP contribution in [0, 0.1) is 6.92 Å². The van der Waals surface area contributed by atoms with Crippen LogP contribution < -0.4 is 0 Å². The summed E-state index contributed by atoms with van der Waals surface area (Å²) in [7, 11) is -0.573. The molecular formula is C17H19N3O4S. The second-order valence-corrected chi connectivity index (χ2v) is 8.01. The predicted octanol–water partition coefficient (Wildman–Crippen LogP) is 2.45. The van der Waals surface area contributed by atoms with E-state index in [1.807, 2.05) is 0 Å². The highest BCUT2D eigenvalue weighted by Gasteiger charge is 2.21. The number of ether oxygens (including phenoxy) is 1. The minimum atomic E-state index is -3.55. The lowest BCUT2D eigenvalue weighted by Gasteiger charge is -2.11. The lowest BCUT2D eigenvalue weighted by Crippen LogP contribution is -2.22. The third-order valence-electron chi connectivity index (χ3n) is 4.10. The maximum atomic E-state index is 12.4. The Labute approximate surface area is 145 Å². The number of hydrogen-bond donors (Lipinski definition) is 1. The molecule has 3 aromatic rings. The van der Waals surface area contributed by atoms with Crippen LogP contribution in [0.15, 0.2) is 29.3 Å². The van der Waals surface area contributed by atoms with Crippen LogP contribution in [0.3, 0.4) is 0 Å². The summed E-state index contributed by atoms with van der Waals surface area (Å²) in [6, 6.07) is 4.89. The molecule has 0 saturated carbocycles. The summed E-state index contributed by atoms with van der Waals surface area (Å²) in [4.78, 5) is 19.7. The fourth-order valence-electron chi connectivity index (χ4n) is 2.81. The highest BCUT2D eigenvalue weighted by molar-refractivity contribution is 7.89. The number of nitrogens with one attached hydrogen (secondary N) is 1. The molecule has 7 nitrogen and oxygen atoms in total. The van der Waals surface area contributed by atoms with Gasteiger partial charge in [-0.15, -0.1) is 0 Å². The fourth-order valence-corrected chi connectivity index (χ4v) is 3.74. The van der Waals surface area contributed by atoms with Gasteiger partial charge in [0.05, 0.1) is 23.2 Å². The van der Waals surface area contributed by atoms with Crippen molar-refractivity contribution in [1.29, 1.82) is 0 Å². The first-order chi connectivity index (χ1) is 11.8. The lowest BCUT2D eigenvalue weighted by molar-refractivity contribution is 0.0519. The number of benzene rings is 1. The minimum absolute atomic E-state index is 0.194. The molecule has 3 rings (SSSR count). The SMILES string of the molecule is CCOC(=O)c1ncc2[nH]c3ccc(S(=O)(=O)N(C)C)cc3c2c1C. The molecule has 0 aliphatic heterocycles. The Bertz CT molecular complexity index is 1080. The van der Waals surface area contributed by atoms with E-state index in [0.29, 0.717) is 5.56 Å². The second-order valence-electron chi connectivity index (χ2n) is 5.86. The van der Waals surface area contributed by atoms with Crippen molar-refractivity contribution >= 4 is 37.8 Å². The highest BCUT2D eigenvalue weighted by atomic mass is 32.2. The van der Waals surface area contributed by atoms with Gasteiger partial charge in [0.1, 0.15) is 0 Å². The zero-order valence-electron chi connectivity index (χ0n) is 14.5. The van der Waals surface area contributed by atoms with Crippen molar-refractivity contribution in [2.75, 3.05) is 20.7 Å². The van der Waals surface area contributed by atoms with Crippen molar-refractivity contribution < 1.29 is 17.9 Å². The predicted molar refractivity (Wildman–Crippen MR) is 95.2 cm³/mol. The van der Waals surface area contributed by atoms with E-state index in [1.54, 1.807) is 38.2 Å². The molecule has 0 aliphatic carbocycles. The molecule has 0 fully saturated rings. The van der Waals surface area contributed by atoms with E-state index in [0.717, 1.165) is 21.8 Å². The Balaban J connectivity index is 2.30. The normalized spacial score (nSPS) is 12.2. The standard InChI is InChI=1S/C17H19N3O4S/c1-5-24-17(21)16-10(2)15-12-8-11(25(22,23)20(3)4)6-7-13(12)19-14(15)9-18-16/h6-9,19H,5H2,1-4H3. The van der Waals surface area contributed by atoms with E-state index >= 15 is 0 Å². The van der Waals surface area contributed by atoms with Crippen LogP contribution in [0.1, 0.15) is 23.0 Å². The number of fused-ring (bicyclic) bond motifs is 3. The van der Waals surface area contributed by atoms with Gasteiger partial charge in [-0.05, 0) is 37.6 Å². The fraction of sp³-hybridized carbons (Fsp3) is 0.294. The topological polar surface area (TPSA) is 92.4 Å². The zero-order chi connectivity index (χ0) is 18.4. The van der Waals surface area contributed by atoms with E-state index in [1.165, 1.54) is 18.4 Å². The molecule has 25 heavy (non-hydrogen) atoms. The van der Waals surface area contributed by atoms with Gasteiger partial charge in [0.25, 0.3) is 0 Å². The van der Waals surface area contributed by atoms with Crippen LogP contribution in [0.25, 0.3) is 21.8 Å². The van der Waals surface area contributed by atoms with Crippen molar-refractivity contribution in [3.8, 4) is 0 Å². The molecule has 0 spiro atoms. The van der Waals surface area contributed by atoms with Gasteiger partial charge in [-0.1, -0.05) is 0 Å². The number of aryl methyl sites for hydroxylation is 1. The summed E-state index contributed by atoms with van der Waals surface area (Å²) in [6.07, 6.45) is 1.56. The van der Waals surface area contributed by atoms with Crippen molar-refractivity contribution in [2.24, 2.45) is 0 Å². The molecule has 2 aromatic heterocycles. The molecule has 8 heteroatoms. The van der Waals surface area contributed by atoms with Crippen molar-refractivity contribution in [2.45, 2.75) is 18.7 Å². The first-order valence-electron chi connectivity index (χ1n) is 7.78. The number of aromatic nitrogens is 2. The smallest absolute Gasteiger partial charge is 0.357 e. The third-order valence-corrected chi connectivity index (χ3v) is 5.91. The maximum absolute atomic E-state index is 12.4. The quantitative estimate of drug-likeness (QED) is 0.721. The average Bonchev–Trinajstić information content (AvgIpc) is 2.93. The van der Waals surface area contributed by atoms with Crippen LogP contribution in [0.2, 0.25) is 0 Å². The minimum Gasteiger partial charge on any atom is -0.461 e. The number of pyridine rings is 1. The third kappa shape index (κ3) is 2.77. The molecule has 0 atom stereocenters. The van der Waals surface area contributed by atoms with E-state index in [2.05, 4.69) is 9.97 Å². The molecule has 1 N–H and O–H groups in total. The number of aromatic amines is 1. The number of esters is 1. The van der Waals surface area contributed by atoms with Gasteiger partial charge in [-0.25, -0.2) is 22.5 Å². The number of carbonyl (C=O) groups is 1. The van der Waals surface area contributed by atoms with Gasteiger partial charge in [0.15, 0.2) is 5.69 Å². The summed E-state index contributed by atoms with van der Waals surface area (Å²) in [5.41, 5.74) is 2.40. The van der Waals surface area contributed by atoms with Gasteiger partial charge in [-0.3, -0.25) is 0 Å². The Morgan fingerprint density at radius 3 is 2.64 bits per heavy atom. The number of carbonyl (C=O) groups excluding carboxylic acids is 1. The molecule has 0 amide bonds. The molecule has 2 heterocycles. The molecule has 0 unspecified atom stereocenters. The van der Waals surface area contributed by atoms with Gasteiger partial charge in [0, 0.05) is 30.4 Å². The number of rotatable bonds is 4. The van der Waals surface area contributed by atoms with E-state index in [9.17, 15) is 13.2 Å². The Hall–Kier alpha value is -2.45. The molecule has 132 valence electrons. The first kappa shape index (κ1) is 17.4. The Kier molecular flexibility index (Phi) is 4.26. The van der Waals surface area contributed by atoms with E-state index in [4.69, 9.17) is 4.74 Å². The molecule has 0 saturated heterocycles. The number of hydrogen-bond acceptors (Lipinski definition) is 5. The molecule has 1 aromatic carbocycles. The van der Waals surface area contributed by atoms with Crippen LogP contribution >= 0.6 is 0 Å². The van der Waals surface area contributed by atoms with Gasteiger partial charge >= 0.3 is 5.97 Å². The van der Waals surface area contributed by atoms with Crippen LogP contribution in [-0.4, -0.2) is 49.4 Å².